The van der Waals surface area contributed by atoms with Crippen LogP contribution in [0.2, 0.25) is 0 Å². The molecule has 39 heavy (non-hydrogen) atoms. The third kappa shape index (κ3) is 7.69. The molecule has 0 bridgehead atoms. The molecule has 0 radical (unpaired) electrons. The Bertz CT molecular complexity index is 1350. The average Bonchev–Trinajstić information content (AvgIpc) is 2.96. The molecule has 0 saturated carbocycles. The fraction of sp³-hybridized carbons (Fsp3) is 0.143. The molecule has 4 aromatic carbocycles. The van der Waals surface area contributed by atoms with E-state index in [1.54, 1.807) is 59.6 Å². The van der Waals surface area contributed by atoms with Crippen molar-refractivity contribution in [3.05, 3.63) is 116 Å². The first-order valence-electron chi connectivity index (χ1n) is 11.6. The lowest BCUT2D eigenvalue weighted by Gasteiger charge is -2.07. The summed E-state index contributed by atoms with van der Waals surface area (Å²) in [5, 5.41) is 22.5. The minimum Gasteiger partial charge on any atom is -0.490 e. The van der Waals surface area contributed by atoms with Gasteiger partial charge in [0.1, 0.15) is 0 Å². The highest BCUT2D eigenvalue weighted by Crippen LogP contribution is 2.35. The van der Waals surface area contributed by atoms with Crippen molar-refractivity contribution in [3.8, 4) is 11.5 Å². The van der Waals surface area contributed by atoms with E-state index in [9.17, 15) is 20.2 Å². The highest BCUT2D eigenvalue weighted by atomic mass is 32.2. The van der Waals surface area contributed by atoms with Crippen molar-refractivity contribution in [1.82, 2.24) is 0 Å². The molecule has 0 heterocycles. The highest BCUT2D eigenvalue weighted by Gasteiger charge is 2.16. The van der Waals surface area contributed by atoms with E-state index in [1.165, 1.54) is 14.2 Å². The van der Waals surface area contributed by atoms with Gasteiger partial charge in [0, 0.05) is 43.2 Å². The van der Waals surface area contributed by atoms with Crippen LogP contribution >= 0.6 is 35.3 Å². The SMILES string of the molecule is COc1ccc(CSc2ccc(Sc3ccc(SCc4ccc(OC)c([N+](=O)[O-])c4)cc3)cc2)cc1[N+](=O)[O-]. The number of nitrogens with zero attached hydrogens (tertiary/aromatic N) is 2. The number of nitro benzene ring substituents is 2. The zero-order chi connectivity index (χ0) is 27.8. The maximum absolute atomic E-state index is 11.2. The summed E-state index contributed by atoms with van der Waals surface area (Å²) < 4.78 is 10.1. The fourth-order valence-corrected chi connectivity index (χ4v) is 6.11. The van der Waals surface area contributed by atoms with Crippen molar-refractivity contribution >= 4 is 46.7 Å². The summed E-state index contributed by atoms with van der Waals surface area (Å²) in [5.41, 5.74) is 1.65. The van der Waals surface area contributed by atoms with Crippen LogP contribution in [0.3, 0.4) is 0 Å². The van der Waals surface area contributed by atoms with E-state index < -0.39 is 9.85 Å². The molecule has 0 aliphatic carbocycles. The van der Waals surface area contributed by atoms with E-state index >= 15 is 0 Å². The number of benzene rings is 4. The molecule has 0 atom stereocenters. The lowest BCUT2D eigenvalue weighted by Crippen LogP contribution is -1.95. The van der Waals surface area contributed by atoms with Gasteiger partial charge in [0.05, 0.1) is 24.1 Å². The van der Waals surface area contributed by atoms with Gasteiger partial charge in [0.15, 0.2) is 11.5 Å². The highest BCUT2D eigenvalue weighted by molar-refractivity contribution is 7.99. The molecular weight excluding hydrogens is 557 g/mol. The summed E-state index contributed by atoms with van der Waals surface area (Å²) in [7, 11) is 2.84. The van der Waals surface area contributed by atoms with Crippen LogP contribution in [0.4, 0.5) is 11.4 Å². The van der Waals surface area contributed by atoms with Crippen LogP contribution in [0.1, 0.15) is 11.1 Å². The van der Waals surface area contributed by atoms with Gasteiger partial charge in [-0.05, 0) is 71.8 Å². The van der Waals surface area contributed by atoms with Crippen molar-refractivity contribution in [2.24, 2.45) is 0 Å². The first kappa shape index (κ1) is 28.3. The van der Waals surface area contributed by atoms with Gasteiger partial charge in [-0.2, -0.15) is 0 Å². The Kier molecular flexibility index (Phi) is 9.74. The number of hydrogen-bond donors (Lipinski definition) is 0. The van der Waals surface area contributed by atoms with Crippen molar-refractivity contribution in [2.75, 3.05) is 14.2 Å². The lowest BCUT2D eigenvalue weighted by atomic mass is 10.2. The van der Waals surface area contributed by atoms with E-state index in [2.05, 4.69) is 24.3 Å². The van der Waals surface area contributed by atoms with Gasteiger partial charge in [0.25, 0.3) is 0 Å². The molecule has 0 aliphatic heterocycles. The molecule has 4 rings (SSSR count). The fourth-order valence-electron chi connectivity index (χ4n) is 3.61. The van der Waals surface area contributed by atoms with E-state index in [-0.39, 0.29) is 22.9 Å². The van der Waals surface area contributed by atoms with Gasteiger partial charge < -0.3 is 9.47 Å². The van der Waals surface area contributed by atoms with Crippen molar-refractivity contribution in [3.63, 3.8) is 0 Å². The summed E-state index contributed by atoms with van der Waals surface area (Å²) >= 11 is 4.88. The van der Waals surface area contributed by atoms with Crippen LogP contribution in [-0.2, 0) is 11.5 Å². The van der Waals surface area contributed by atoms with Crippen molar-refractivity contribution in [1.29, 1.82) is 0 Å². The molecule has 8 nitrogen and oxygen atoms in total. The van der Waals surface area contributed by atoms with Gasteiger partial charge in [-0.3, -0.25) is 20.2 Å². The van der Waals surface area contributed by atoms with E-state index in [4.69, 9.17) is 9.47 Å². The molecule has 4 aromatic rings. The van der Waals surface area contributed by atoms with Gasteiger partial charge in [-0.1, -0.05) is 23.9 Å². The Hall–Kier alpha value is -3.67. The van der Waals surface area contributed by atoms with Crippen LogP contribution in [0.25, 0.3) is 0 Å². The maximum atomic E-state index is 11.2. The van der Waals surface area contributed by atoms with Crippen LogP contribution in [0.15, 0.2) is 105 Å². The Balaban J connectivity index is 1.30. The molecule has 0 fully saturated rings. The molecule has 0 saturated heterocycles. The summed E-state index contributed by atoms with van der Waals surface area (Å²) in [6.45, 7) is 0. The Labute approximate surface area is 238 Å². The minimum atomic E-state index is -0.431. The predicted octanol–water partition coefficient (Wildman–Crippen LogP) is 8.26. The summed E-state index contributed by atoms with van der Waals surface area (Å²) in [6, 6.07) is 26.5. The van der Waals surface area contributed by atoms with Crippen molar-refractivity contribution in [2.45, 2.75) is 31.1 Å². The summed E-state index contributed by atoms with van der Waals surface area (Å²) in [5.74, 6) is 1.73. The number of ether oxygens (including phenoxy) is 2. The molecule has 0 unspecified atom stereocenters. The van der Waals surface area contributed by atoms with Gasteiger partial charge in [0.2, 0.25) is 0 Å². The number of hydrogen-bond acceptors (Lipinski definition) is 9. The third-order valence-corrected chi connectivity index (χ3v) is 8.76. The first-order valence-corrected chi connectivity index (χ1v) is 14.4. The third-order valence-electron chi connectivity index (χ3n) is 5.57. The largest absolute Gasteiger partial charge is 0.490 e. The molecule has 0 aliphatic rings. The van der Waals surface area contributed by atoms with E-state index in [0.717, 1.165) is 30.7 Å². The second kappa shape index (κ2) is 13.4. The minimum absolute atomic E-state index is 0.0310. The van der Waals surface area contributed by atoms with Gasteiger partial charge >= 0.3 is 11.4 Å². The number of thioether (sulfide) groups is 2. The van der Waals surface area contributed by atoms with Gasteiger partial charge in [-0.25, -0.2) is 0 Å². The normalized spacial score (nSPS) is 10.7. The molecule has 0 spiro atoms. The number of nitro groups is 2. The van der Waals surface area contributed by atoms with Crippen LogP contribution in [0, 0.1) is 20.2 Å². The zero-order valence-electron chi connectivity index (χ0n) is 21.1. The Morgan fingerprint density at radius 2 is 0.949 bits per heavy atom. The standard InChI is InChI=1S/C28H24N2O6S3/c1-35-27-13-3-19(15-25(27)29(31)32)17-37-21-5-9-23(10-6-21)39-24-11-7-22(8-12-24)38-18-20-4-14-28(36-2)26(16-20)30(33)34/h3-16H,17-18H2,1-2H3. The number of rotatable bonds is 12. The smallest absolute Gasteiger partial charge is 0.311 e. The second-order valence-electron chi connectivity index (χ2n) is 8.15. The van der Waals surface area contributed by atoms with E-state index in [1.807, 2.05) is 36.4 Å². The quantitative estimate of drug-likeness (QED) is 0.0930. The first-order chi connectivity index (χ1) is 18.9. The van der Waals surface area contributed by atoms with E-state index in [0.29, 0.717) is 11.5 Å². The van der Waals surface area contributed by atoms with Crippen LogP contribution in [0.5, 0.6) is 11.5 Å². The number of methoxy groups -OCH3 is 2. The monoisotopic (exact) mass is 580 g/mol. The topological polar surface area (TPSA) is 105 Å². The Morgan fingerprint density at radius 1 is 0.590 bits per heavy atom. The second-order valence-corrected chi connectivity index (χ2v) is 11.4. The molecule has 11 heteroatoms. The molecular formula is C28H24N2O6S3. The molecule has 0 N–H and O–H groups in total. The summed E-state index contributed by atoms with van der Waals surface area (Å²) in [4.78, 5) is 26.0. The molecule has 0 amide bonds. The Morgan fingerprint density at radius 3 is 1.28 bits per heavy atom. The summed E-state index contributed by atoms with van der Waals surface area (Å²) in [6.07, 6.45) is 0. The average molecular weight is 581 g/mol. The van der Waals surface area contributed by atoms with Crippen molar-refractivity contribution < 1.29 is 19.3 Å². The molecule has 200 valence electrons. The van der Waals surface area contributed by atoms with Gasteiger partial charge in [-0.15, -0.1) is 23.5 Å². The zero-order valence-corrected chi connectivity index (χ0v) is 23.5. The lowest BCUT2D eigenvalue weighted by molar-refractivity contribution is -0.385. The van der Waals surface area contributed by atoms with Crippen LogP contribution < -0.4 is 9.47 Å². The van der Waals surface area contributed by atoms with Crippen LogP contribution in [-0.4, -0.2) is 24.1 Å². The maximum Gasteiger partial charge on any atom is 0.311 e. The predicted molar refractivity (Wildman–Crippen MR) is 155 cm³/mol. The molecule has 0 aromatic heterocycles.